The largest absolute Gasteiger partial charge is 0.476 e. The van der Waals surface area contributed by atoms with Gasteiger partial charge in [0.1, 0.15) is 24.6 Å². The molecule has 2 unspecified atom stereocenters. The van der Waals surface area contributed by atoms with Crippen LogP contribution in [-0.2, 0) is 24.9 Å². The third-order valence-electron chi connectivity index (χ3n) is 7.91. The van der Waals surface area contributed by atoms with Crippen LogP contribution in [0.15, 0.2) is 41.4 Å². The third kappa shape index (κ3) is 6.34. The Morgan fingerprint density at radius 3 is 2.51 bits per heavy atom. The summed E-state index contributed by atoms with van der Waals surface area (Å²) in [4.78, 5) is 13.7. The summed E-state index contributed by atoms with van der Waals surface area (Å²) >= 11 is 3.52. The number of benzene rings is 1. The fourth-order valence-electron chi connectivity index (χ4n) is 5.74. The van der Waals surface area contributed by atoms with E-state index in [4.69, 9.17) is 23.1 Å². The fourth-order valence-corrected chi connectivity index (χ4v) is 11.0. The summed E-state index contributed by atoms with van der Waals surface area (Å²) in [6.45, 7) is 19.5. The van der Waals surface area contributed by atoms with Gasteiger partial charge in [0.25, 0.3) is 0 Å². The van der Waals surface area contributed by atoms with Crippen molar-refractivity contribution in [1.29, 1.82) is 0 Å². The molecule has 2 aliphatic rings. The molecule has 0 amide bonds. The van der Waals surface area contributed by atoms with Crippen molar-refractivity contribution < 1.29 is 23.1 Å². The summed E-state index contributed by atoms with van der Waals surface area (Å²) in [5.41, 5.74) is 2.59. The summed E-state index contributed by atoms with van der Waals surface area (Å²) in [5.74, 6) is 0.494. The number of imidazole rings is 1. The standard InChI is InChI=1S/C29H43BrN4O5Si2/c1-19(2)41(29(3,4)5)37-16-22-24(39-41)25(36-15-20-9-11-21(30)12-10-20)28(38-22)34-18-33-23-26(34)31-17-32-27(23)35-13-14-40(6,7)8/h9-12,17-19,22,24-25,28H,13-16H2,1-8H3/t22-,24?,25-,28-,41?/m1/s1. The SMILES string of the molecule is CC(C)[Si]1(C(C)(C)C)OC[C@H]2O[C@@H](n3cnc4c(OCC[Si](C)(C)C)ncnc43)[C@H](OCc3ccc(Br)cc3)C2O1. The monoisotopic (exact) mass is 662 g/mol. The third-order valence-corrected chi connectivity index (χ3v) is 15.0. The van der Waals surface area contributed by atoms with Gasteiger partial charge in [0.2, 0.25) is 5.88 Å². The minimum atomic E-state index is -2.65. The number of rotatable bonds is 9. The minimum absolute atomic E-state index is 0.127. The number of ether oxygens (including phenoxy) is 3. The Hall–Kier alpha value is -1.68. The van der Waals surface area contributed by atoms with Crippen LogP contribution in [0.3, 0.4) is 0 Å². The maximum atomic E-state index is 7.06. The Morgan fingerprint density at radius 1 is 1.12 bits per heavy atom. The number of nitrogens with zero attached hydrogens (tertiary/aromatic N) is 4. The molecular weight excluding hydrogens is 620 g/mol. The Labute approximate surface area is 253 Å². The van der Waals surface area contributed by atoms with Gasteiger partial charge >= 0.3 is 8.56 Å². The molecule has 0 spiro atoms. The van der Waals surface area contributed by atoms with E-state index in [1.165, 1.54) is 6.33 Å². The van der Waals surface area contributed by atoms with E-state index in [1.54, 1.807) is 6.33 Å². The van der Waals surface area contributed by atoms with Crippen LogP contribution in [0.2, 0.25) is 36.3 Å². The predicted molar refractivity (Wildman–Crippen MR) is 167 cm³/mol. The number of hydrogen-bond donors (Lipinski definition) is 0. The lowest BCUT2D eigenvalue weighted by molar-refractivity contribution is -0.0770. The van der Waals surface area contributed by atoms with E-state index >= 15 is 0 Å². The van der Waals surface area contributed by atoms with Crippen LogP contribution in [0.1, 0.15) is 46.4 Å². The molecule has 1 aromatic carbocycles. The Balaban J connectivity index is 1.47. The zero-order valence-corrected chi connectivity index (χ0v) is 29.0. The molecule has 2 saturated heterocycles. The van der Waals surface area contributed by atoms with E-state index in [9.17, 15) is 0 Å². The van der Waals surface area contributed by atoms with Crippen molar-refractivity contribution in [2.24, 2.45) is 0 Å². The van der Waals surface area contributed by atoms with Gasteiger partial charge in [0, 0.05) is 17.6 Å². The van der Waals surface area contributed by atoms with Crippen molar-refractivity contribution >= 4 is 43.7 Å². The molecule has 0 N–H and O–H groups in total. The predicted octanol–water partition coefficient (Wildman–Crippen LogP) is 6.86. The number of hydrogen-bond acceptors (Lipinski definition) is 8. The van der Waals surface area contributed by atoms with Crippen LogP contribution < -0.4 is 4.74 Å². The second kappa shape index (κ2) is 11.8. The summed E-state index contributed by atoms with van der Waals surface area (Å²) in [6, 6.07) is 9.20. The van der Waals surface area contributed by atoms with Gasteiger partial charge in [-0.05, 0) is 29.3 Å². The highest BCUT2D eigenvalue weighted by Gasteiger charge is 2.62. The van der Waals surface area contributed by atoms with Crippen LogP contribution in [0.4, 0.5) is 0 Å². The molecule has 2 fully saturated rings. The van der Waals surface area contributed by atoms with Gasteiger partial charge in [-0.15, -0.1) is 0 Å². The van der Waals surface area contributed by atoms with Crippen molar-refractivity contribution in [3.05, 3.63) is 47.0 Å². The first kappa shape index (κ1) is 30.8. The molecule has 2 aliphatic heterocycles. The van der Waals surface area contributed by atoms with Crippen LogP contribution in [0.5, 0.6) is 5.88 Å². The molecule has 5 rings (SSSR count). The van der Waals surface area contributed by atoms with E-state index in [0.717, 1.165) is 16.1 Å². The number of halogens is 1. The first-order chi connectivity index (χ1) is 19.3. The van der Waals surface area contributed by atoms with Gasteiger partial charge in [-0.3, -0.25) is 4.57 Å². The molecule has 0 radical (unpaired) electrons. The zero-order valence-electron chi connectivity index (χ0n) is 25.4. The molecule has 12 heteroatoms. The van der Waals surface area contributed by atoms with Gasteiger partial charge in [0.15, 0.2) is 17.4 Å². The molecule has 0 bridgehead atoms. The van der Waals surface area contributed by atoms with E-state index < -0.39 is 29.0 Å². The topological polar surface area (TPSA) is 89.8 Å². The van der Waals surface area contributed by atoms with Crippen LogP contribution in [-0.4, -0.2) is 67.7 Å². The van der Waals surface area contributed by atoms with E-state index in [-0.39, 0.29) is 22.8 Å². The first-order valence-corrected chi connectivity index (χ1v) is 20.8. The maximum absolute atomic E-state index is 7.06. The molecule has 0 saturated carbocycles. The van der Waals surface area contributed by atoms with E-state index in [0.29, 0.717) is 36.9 Å². The smallest absolute Gasteiger partial charge is 0.346 e. The molecule has 224 valence electrons. The summed E-state index contributed by atoms with van der Waals surface area (Å²) in [6.07, 6.45) is 1.81. The average molecular weight is 664 g/mol. The van der Waals surface area contributed by atoms with Gasteiger partial charge in [0.05, 0.1) is 26.1 Å². The highest BCUT2D eigenvalue weighted by atomic mass is 79.9. The highest BCUT2D eigenvalue weighted by molar-refractivity contribution is 9.10. The molecule has 3 aromatic rings. The van der Waals surface area contributed by atoms with E-state index in [2.05, 4.69) is 97.3 Å². The summed E-state index contributed by atoms with van der Waals surface area (Å²) in [5, 5.41) is -0.127. The normalized spacial score (nSPS) is 27.0. The van der Waals surface area contributed by atoms with Gasteiger partial charge < -0.3 is 23.1 Å². The van der Waals surface area contributed by atoms with Gasteiger partial charge in [-0.2, -0.15) is 4.98 Å². The average Bonchev–Trinajstić information content (AvgIpc) is 3.48. The molecule has 4 heterocycles. The molecule has 5 atom stereocenters. The van der Waals surface area contributed by atoms with Crippen molar-refractivity contribution in [2.45, 2.75) is 102 Å². The quantitative estimate of drug-likeness (QED) is 0.230. The minimum Gasteiger partial charge on any atom is -0.476 e. The van der Waals surface area contributed by atoms with Crippen LogP contribution in [0, 0.1) is 0 Å². The van der Waals surface area contributed by atoms with Gasteiger partial charge in [-0.25, -0.2) is 9.97 Å². The van der Waals surface area contributed by atoms with Crippen molar-refractivity contribution in [1.82, 2.24) is 19.5 Å². The Kier molecular flexibility index (Phi) is 8.84. The van der Waals surface area contributed by atoms with Crippen molar-refractivity contribution in [3.63, 3.8) is 0 Å². The molecule has 2 aromatic heterocycles. The fraction of sp³-hybridized carbons (Fsp3) is 0.621. The lowest BCUT2D eigenvalue weighted by atomic mass is 10.1. The molecule has 0 aliphatic carbocycles. The number of aromatic nitrogens is 4. The lowest BCUT2D eigenvalue weighted by Crippen LogP contribution is -2.62. The van der Waals surface area contributed by atoms with Gasteiger partial charge in [-0.1, -0.05) is 82.3 Å². The zero-order chi connectivity index (χ0) is 29.6. The second-order valence-corrected chi connectivity index (χ2v) is 24.6. The maximum Gasteiger partial charge on any atom is 0.346 e. The molecule has 41 heavy (non-hydrogen) atoms. The second-order valence-electron chi connectivity index (χ2n) is 13.6. The van der Waals surface area contributed by atoms with Crippen LogP contribution >= 0.6 is 15.9 Å². The van der Waals surface area contributed by atoms with E-state index in [1.807, 2.05) is 16.7 Å². The number of fused-ring (bicyclic) bond motifs is 2. The Morgan fingerprint density at radius 2 is 1.85 bits per heavy atom. The highest BCUT2D eigenvalue weighted by Crippen LogP contribution is 2.51. The Bertz CT molecular complexity index is 1340. The first-order valence-electron chi connectivity index (χ1n) is 14.4. The lowest BCUT2D eigenvalue weighted by Gasteiger charge is -2.49. The molecule has 9 nitrogen and oxygen atoms in total. The van der Waals surface area contributed by atoms with Crippen molar-refractivity contribution in [2.75, 3.05) is 13.2 Å². The molecular formula is C29H43BrN4O5Si2. The van der Waals surface area contributed by atoms with Crippen LogP contribution in [0.25, 0.3) is 11.2 Å². The summed E-state index contributed by atoms with van der Waals surface area (Å²) < 4.78 is 36.1. The summed E-state index contributed by atoms with van der Waals surface area (Å²) in [7, 11) is -3.90. The van der Waals surface area contributed by atoms with Crippen molar-refractivity contribution in [3.8, 4) is 5.88 Å².